The number of carbonyl (C=O) groups excluding carboxylic acids is 7. The number of ether oxygens (including phenoxy) is 4. The summed E-state index contributed by atoms with van der Waals surface area (Å²) in [7, 11) is -1.65. The number of amides is 3. The van der Waals surface area contributed by atoms with E-state index in [-0.39, 0.29) is 81.5 Å². The van der Waals surface area contributed by atoms with Crippen molar-refractivity contribution >= 4 is 71.5 Å². The Morgan fingerprint density at radius 1 is 0.817 bits per heavy atom. The van der Waals surface area contributed by atoms with Crippen LogP contribution in [0.2, 0.25) is 10.1 Å². The molecule has 0 unspecified atom stereocenters. The standard InChI is InChI=1S/C71H97ClN4O16Si/c1-42(2)35-59-68(86)90-57(23-18-24-61(82)76-52(37-46-28-33-58(88-11)51(72)36-46)67(85)75-41-71(9,10)69(87)91-59)44(5)65-66(92-65)47-29-25-45(26-30-47)27-32-53(77)48(38-54(78)62(73)43(3)4)31-34-60(81)74-39-55(79)63(83)64(84)56(80)40-89-93(70(6,7)8,49-19-14-12-15-20-49)50-21-16-13-17-22-50/h12-22,24-26,28-30,33,36,42-44,48,52,55-57,59,62-66,79-80,83-84H,23,27,31-32,34-35,37-41,73H2,1-11H3,(H,74,81)(H,75,85)(H,76,82)/b24-18+/t44-,48+,52+,55-,56+,57-,59-,62-,63+,64+,65+,66+/m0/s1. The molecule has 0 bridgehead atoms. The first-order chi connectivity index (χ1) is 43.9. The van der Waals surface area contributed by atoms with Gasteiger partial charge in [0.25, 0.3) is 8.32 Å². The number of aliphatic hydroxyl groups excluding tert-OH is 4. The number of Topliss-reactive ketones (excluding diaryl/α,β-unsaturated/α-hetero) is 2. The van der Waals surface area contributed by atoms with E-state index < -0.39 is 128 Å². The van der Waals surface area contributed by atoms with Crippen molar-refractivity contribution in [3.63, 3.8) is 0 Å². The molecule has 1 fully saturated rings. The molecule has 1 saturated heterocycles. The number of hydrogen-bond donors (Lipinski definition) is 8. The van der Waals surface area contributed by atoms with Gasteiger partial charge in [-0.25, -0.2) is 4.79 Å². The molecule has 2 aliphatic rings. The van der Waals surface area contributed by atoms with E-state index >= 15 is 0 Å². The smallest absolute Gasteiger partial charge is 0.347 e. The Morgan fingerprint density at radius 2 is 1.43 bits per heavy atom. The second-order valence-corrected chi connectivity index (χ2v) is 31.8. The van der Waals surface area contributed by atoms with Gasteiger partial charge in [-0.05, 0) is 95.3 Å². The van der Waals surface area contributed by atoms with Crippen LogP contribution in [0.4, 0.5) is 0 Å². The molecule has 0 spiro atoms. The number of ketones is 2. The van der Waals surface area contributed by atoms with E-state index in [1.807, 2.05) is 106 Å². The number of aryl methyl sites for hydroxylation is 1. The van der Waals surface area contributed by atoms with Gasteiger partial charge in [-0.2, -0.15) is 0 Å². The number of halogens is 1. The molecule has 22 heteroatoms. The monoisotopic (exact) mass is 1320 g/mol. The van der Waals surface area contributed by atoms with Crippen LogP contribution >= 0.6 is 11.6 Å². The fraction of sp³-hybridized carbons (Fsp3) is 0.535. The van der Waals surface area contributed by atoms with Crippen LogP contribution in [0.5, 0.6) is 5.75 Å². The summed E-state index contributed by atoms with van der Waals surface area (Å²) in [6, 6.07) is 30.0. The lowest BCUT2D eigenvalue weighted by Gasteiger charge is -2.43. The predicted octanol–water partition coefficient (Wildman–Crippen LogP) is 6.10. The molecule has 0 aliphatic carbocycles. The molecule has 12 atom stereocenters. The molecule has 0 radical (unpaired) electrons. The Bertz CT molecular complexity index is 3140. The van der Waals surface area contributed by atoms with Crippen LogP contribution < -0.4 is 36.8 Å². The second-order valence-electron chi connectivity index (χ2n) is 27.1. The van der Waals surface area contributed by atoms with Gasteiger partial charge >= 0.3 is 11.9 Å². The Hall–Kier alpha value is -6.66. The zero-order chi connectivity index (χ0) is 68.5. The minimum Gasteiger partial charge on any atom is -0.495 e. The van der Waals surface area contributed by atoms with E-state index in [9.17, 15) is 54.0 Å². The highest BCUT2D eigenvalue weighted by Gasteiger charge is 2.51. The molecule has 2 heterocycles. The average molecular weight is 1330 g/mol. The van der Waals surface area contributed by atoms with E-state index in [2.05, 4.69) is 36.7 Å². The van der Waals surface area contributed by atoms with Gasteiger partial charge in [0, 0.05) is 57.0 Å². The van der Waals surface area contributed by atoms with Gasteiger partial charge < -0.3 is 65.5 Å². The van der Waals surface area contributed by atoms with Gasteiger partial charge in [0.2, 0.25) is 17.7 Å². The topological polar surface area (TPSA) is 312 Å². The first kappa shape index (κ1) is 75.4. The Kier molecular flexibility index (Phi) is 27.7. The SMILES string of the molecule is COc1ccc(C[C@H]2NC(=O)/C=C/C[C@@H]([C@H](C)[C@H]3O[C@@H]3c3ccc(CCC(=O)[C@H](CCC(=O)NC[C@H](O)[C@@H](O)[C@H](O)[C@H](O)CO[Si](c4ccccc4)(c4ccccc4)C(C)(C)C)CC(=O)[C@@H](N)C(C)C)cc3)OC(=O)[C@H](CC(C)C)OC(=O)C(C)(C)CNC2=O)cc1Cl. The number of nitrogens with one attached hydrogen (secondary N) is 3. The summed E-state index contributed by atoms with van der Waals surface area (Å²) in [5.41, 5.74) is 7.20. The van der Waals surface area contributed by atoms with Crippen molar-refractivity contribution < 1.29 is 77.4 Å². The predicted molar refractivity (Wildman–Crippen MR) is 356 cm³/mol. The minimum absolute atomic E-state index is 0.0139. The lowest BCUT2D eigenvalue weighted by atomic mass is 9.86. The van der Waals surface area contributed by atoms with Crippen LogP contribution in [0.1, 0.15) is 131 Å². The maximum Gasteiger partial charge on any atom is 0.347 e. The van der Waals surface area contributed by atoms with Gasteiger partial charge in [0.05, 0.1) is 42.4 Å². The Balaban J connectivity index is 1.07. The van der Waals surface area contributed by atoms with Crippen LogP contribution in [0, 0.1) is 29.1 Å². The number of rotatable bonds is 29. The summed E-state index contributed by atoms with van der Waals surface area (Å²) in [6.07, 6.45) is -7.01. The first-order valence-corrected chi connectivity index (χ1v) is 34.4. The van der Waals surface area contributed by atoms with Gasteiger partial charge in [-0.15, -0.1) is 0 Å². The molecular weight excluding hydrogens is 1230 g/mol. The van der Waals surface area contributed by atoms with Crippen LogP contribution in [-0.4, -0.2) is 152 Å². The highest BCUT2D eigenvalue weighted by molar-refractivity contribution is 6.99. The molecule has 4 aromatic rings. The molecule has 4 aromatic carbocycles. The molecule has 20 nitrogen and oxygen atoms in total. The number of esters is 2. The highest BCUT2D eigenvalue weighted by atomic mass is 35.5. The van der Waals surface area contributed by atoms with Crippen molar-refractivity contribution in [2.24, 2.45) is 34.8 Å². The summed E-state index contributed by atoms with van der Waals surface area (Å²) in [5, 5.41) is 54.2. The van der Waals surface area contributed by atoms with Gasteiger partial charge in [0.15, 0.2) is 11.9 Å². The van der Waals surface area contributed by atoms with Crippen LogP contribution in [0.15, 0.2) is 115 Å². The quantitative estimate of drug-likeness (QED) is 0.0173. The molecular formula is C71H97ClN4O16Si. The number of epoxide rings is 1. The third kappa shape index (κ3) is 20.9. The number of cyclic esters (lactones) is 2. The van der Waals surface area contributed by atoms with Crippen LogP contribution in [-0.2, 0) is 65.0 Å². The fourth-order valence-electron chi connectivity index (χ4n) is 11.6. The van der Waals surface area contributed by atoms with E-state index in [0.29, 0.717) is 22.8 Å². The maximum absolute atomic E-state index is 14.1. The molecule has 9 N–H and O–H groups in total. The van der Waals surface area contributed by atoms with Crippen molar-refractivity contribution in [3.8, 4) is 5.75 Å². The third-order valence-corrected chi connectivity index (χ3v) is 22.8. The van der Waals surface area contributed by atoms with Gasteiger partial charge in [0.1, 0.15) is 48.1 Å². The number of methoxy groups -OCH3 is 1. The summed E-state index contributed by atoms with van der Waals surface area (Å²) < 4.78 is 30.3. The Labute approximate surface area is 553 Å². The van der Waals surface area contributed by atoms with E-state index in [1.54, 1.807) is 52.0 Å². The molecule has 6 rings (SSSR count). The summed E-state index contributed by atoms with van der Waals surface area (Å²) >= 11 is 6.40. The van der Waals surface area contributed by atoms with Crippen molar-refractivity contribution in [2.45, 2.75) is 187 Å². The summed E-state index contributed by atoms with van der Waals surface area (Å²) in [4.78, 5) is 95.8. The van der Waals surface area contributed by atoms with Crippen molar-refractivity contribution in [3.05, 3.63) is 137 Å². The van der Waals surface area contributed by atoms with Crippen molar-refractivity contribution in [1.29, 1.82) is 0 Å². The number of nitrogens with two attached hydrogens (primary N) is 1. The minimum atomic E-state index is -3.13. The fourth-order valence-corrected chi connectivity index (χ4v) is 16.4. The van der Waals surface area contributed by atoms with Crippen molar-refractivity contribution in [1.82, 2.24) is 16.0 Å². The maximum atomic E-state index is 14.1. The van der Waals surface area contributed by atoms with E-state index in [0.717, 1.165) is 21.5 Å². The number of benzene rings is 4. The molecule has 0 saturated carbocycles. The largest absolute Gasteiger partial charge is 0.495 e. The normalized spacial score (nSPS) is 21.8. The molecule has 2 aliphatic heterocycles. The highest BCUT2D eigenvalue weighted by Crippen LogP contribution is 2.45. The summed E-state index contributed by atoms with van der Waals surface area (Å²) in [6.45, 7) is 17.5. The number of carbonyl (C=O) groups is 7. The lowest BCUT2D eigenvalue weighted by Crippen LogP contribution is -2.67. The molecule has 3 amide bonds. The van der Waals surface area contributed by atoms with Crippen molar-refractivity contribution in [2.75, 3.05) is 26.8 Å². The zero-order valence-corrected chi connectivity index (χ0v) is 57.2. The Morgan fingerprint density at radius 3 is 2.01 bits per heavy atom. The molecule has 93 heavy (non-hydrogen) atoms. The zero-order valence-electron chi connectivity index (χ0n) is 55.5. The third-order valence-electron chi connectivity index (χ3n) is 17.5. The number of hydrogen-bond acceptors (Lipinski definition) is 17. The lowest BCUT2D eigenvalue weighted by molar-refractivity contribution is -0.179. The van der Waals surface area contributed by atoms with Crippen LogP contribution in [0.25, 0.3) is 0 Å². The molecule has 508 valence electrons. The van der Waals surface area contributed by atoms with Crippen LogP contribution in [0.3, 0.4) is 0 Å². The second kappa shape index (κ2) is 34.1. The van der Waals surface area contributed by atoms with E-state index in [1.165, 1.54) is 13.2 Å². The number of aliphatic hydroxyl groups is 4. The summed E-state index contributed by atoms with van der Waals surface area (Å²) in [5.74, 6) is -4.95. The average Bonchev–Trinajstić information content (AvgIpc) is 1.11. The van der Waals surface area contributed by atoms with Gasteiger partial charge in [-0.3, -0.25) is 28.8 Å². The molecule has 0 aromatic heterocycles. The van der Waals surface area contributed by atoms with E-state index in [4.69, 9.17) is 40.7 Å². The first-order valence-electron chi connectivity index (χ1n) is 32.1. The van der Waals surface area contributed by atoms with Gasteiger partial charge in [-0.1, -0.05) is 164 Å².